The highest BCUT2D eigenvalue weighted by Gasteiger charge is 2.35. The van der Waals surface area contributed by atoms with Crippen molar-refractivity contribution in [3.63, 3.8) is 0 Å². The second-order valence-corrected chi connectivity index (χ2v) is 9.73. The minimum absolute atomic E-state index is 0.0602. The summed E-state index contributed by atoms with van der Waals surface area (Å²) < 4.78 is 0. The molecule has 1 aromatic heterocycles. The fraction of sp³-hybridized carbons (Fsp3) is 0.308. The van der Waals surface area contributed by atoms with Gasteiger partial charge in [-0.3, -0.25) is 19.7 Å². The first-order valence-corrected chi connectivity index (χ1v) is 12.1. The van der Waals surface area contributed by atoms with Crippen molar-refractivity contribution in [2.75, 3.05) is 13.1 Å². The predicted octanol–water partition coefficient (Wildman–Crippen LogP) is 4.99. The van der Waals surface area contributed by atoms with Crippen LogP contribution in [0.1, 0.15) is 51.8 Å². The largest absolute Gasteiger partial charge is 0.330 e. The molecule has 1 unspecified atom stereocenters. The van der Waals surface area contributed by atoms with Crippen LogP contribution in [-0.2, 0) is 11.2 Å². The van der Waals surface area contributed by atoms with Crippen molar-refractivity contribution in [2.45, 2.75) is 39.3 Å². The molecule has 2 amide bonds. The molecule has 0 spiro atoms. The lowest BCUT2D eigenvalue weighted by molar-refractivity contribution is -0.384. The minimum atomic E-state index is -0.501. The standard InChI is InChI=1S/C26H27N3O4S/c1-17(2)28(26(31)19-8-10-20(11-9-19)29(32)33)16-24(30)27-14-12-23-22(13-15-34-23)25(27)21-7-5-4-6-18(21)3/h4-11,13,15,17,25H,12,14,16H2,1-3H3. The van der Waals surface area contributed by atoms with Crippen LogP contribution in [-0.4, -0.2) is 45.7 Å². The van der Waals surface area contributed by atoms with Crippen molar-refractivity contribution in [3.05, 3.63) is 97.2 Å². The van der Waals surface area contributed by atoms with E-state index in [4.69, 9.17) is 0 Å². The van der Waals surface area contributed by atoms with Gasteiger partial charge >= 0.3 is 0 Å². The van der Waals surface area contributed by atoms with E-state index in [1.807, 2.05) is 30.9 Å². The maximum atomic E-state index is 13.7. The highest BCUT2D eigenvalue weighted by atomic mass is 32.1. The van der Waals surface area contributed by atoms with Crippen molar-refractivity contribution in [2.24, 2.45) is 0 Å². The number of nitro groups is 1. The Labute approximate surface area is 202 Å². The molecule has 34 heavy (non-hydrogen) atoms. The SMILES string of the molecule is Cc1ccccc1C1c2ccsc2CCN1C(=O)CN(C(=O)c1ccc([N+](=O)[O-])cc1)C(C)C. The molecular formula is C26H27N3O4S. The summed E-state index contributed by atoms with van der Waals surface area (Å²) in [6.45, 7) is 6.31. The number of rotatable bonds is 6. The van der Waals surface area contributed by atoms with Gasteiger partial charge < -0.3 is 9.80 Å². The molecule has 0 bridgehead atoms. The molecule has 0 radical (unpaired) electrons. The van der Waals surface area contributed by atoms with Crippen molar-refractivity contribution in [3.8, 4) is 0 Å². The minimum Gasteiger partial charge on any atom is -0.330 e. The number of hydrogen-bond donors (Lipinski definition) is 0. The lowest BCUT2D eigenvalue weighted by Gasteiger charge is -2.38. The van der Waals surface area contributed by atoms with Crippen LogP contribution in [0.4, 0.5) is 5.69 Å². The number of benzene rings is 2. The van der Waals surface area contributed by atoms with E-state index in [1.54, 1.807) is 11.3 Å². The fourth-order valence-corrected chi connectivity index (χ4v) is 5.33. The summed E-state index contributed by atoms with van der Waals surface area (Å²) in [6, 6.07) is 15.3. The van der Waals surface area contributed by atoms with Crippen LogP contribution >= 0.6 is 11.3 Å². The Balaban J connectivity index is 1.61. The van der Waals surface area contributed by atoms with Gasteiger partial charge in [0.2, 0.25) is 5.91 Å². The predicted molar refractivity (Wildman–Crippen MR) is 132 cm³/mol. The van der Waals surface area contributed by atoms with Crippen LogP contribution in [0.2, 0.25) is 0 Å². The Morgan fingerprint density at radius 1 is 1.12 bits per heavy atom. The molecule has 1 aliphatic rings. The molecule has 0 N–H and O–H groups in total. The molecule has 3 aromatic rings. The molecule has 2 aromatic carbocycles. The number of carbonyl (C=O) groups is 2. The Kier molecular flexibility index (Phi) is 6.79. The summed E-state index contributed by atoms with van der Waals surface area (Å²) in [5.41, 5.74) is 3.60. The van der Waals surface area contributed by atoms with Crippen LogP contribution in [0.5, 0.6) is 0 Å². The van der Waals surface area contributed by atoms with E-state index in [0.717, 1.165) is 23.1 Å². The Morgan fingerprint density at radius 2 is 1.82 bits per heavy atom. The van der Waals surface area contributed by atoms with Gasteiger partial charge in [0.05, 0.1) is 11.0 Å². The average molecular weight is 478 g/mol. The van der Waals surface area contributed by atoms with Gasteiger partial charge in [-0.25, -0.2) is 0 Å². The molecule has 176 valence electrons. The van der Waals surface area contributed by atoms with Gasteiger partial charge in [0, 0.05) is 35.2 Å². The molecule has 0 saturated heterocycles. The number of aryl methyl sites for hydroxylation is 1. The maximum absolute atomic E-state index is 13.7. The van der Waals surface area contributed by atoms with Crippen LogP contribution in [0.25, 0.3) is 0 Å². The number of non-ortho nitro benzene ring substituents is 1. The van der Waals surface area contributed by atoms with Gasteiger partial charge in [-0.1, -0.05) is 24.3 Å². The Morgan fingerprint density at radius 3 is 2.47 bits per heavy atom. The van der Waals surface area contributed by atoms with E-state index in [-0.39, 0.29) is 36.1 Å². The number of thiophene rings is 1. The number of amides is 2. The molecule has 4 rings (SSSR count). The first kappa shape index (κ1) is 23.6. The summed E-state index contributed by atoms with van der Waals surface area (Å²) >= 11 is 1.72. The van der Waals surface area contributed by atoms with Crippen molar-refractivity contribution >= 4 is 28.8 Å². The van der Waals surface area contributed by atoms with E-state index in [0.29, 0.717) is 12.1 Å². The molecule has 2 heterocycles. The van der Waals surface area contributed by atoms with E-state index in [2.05, 4.69) is 30.5 Å². The Bertz CT molecular complexity index is 1220. The van der Waals surface area contributed by atoms with Crippen molar-refractivity contribution in [1.29, 1.82) is 0 Å². The van der Waals surface area contributed by atoms with Crippen LogP contribution < -0.4 is 0 Å². The normalized spacial score (nSPS) is 15.2. The number of fused-ring (bicyclic) bond motifs is 1. The Hall–Kier alpha value is -3.52. The molecule has 0 saturated carbocycles. The van der Waals surface area contributed by atoms with Gasteiger partial charge in [-0.05, 0) is 67.5 Å². The molecule has 7 nitrogen and oxygen atoms in total. The average Bonchev–Trinajstić information content (AvgIpc) is 3.30. The highest BCUT2D eigenvalue weighted by Crippen LogP contribution is 2.39. The molecule has 8 heteroatoms. The van der Waals surface area contributed by atoms with Crippen LogP contribution in [0, 0.1) is 17.0 Å². The number of carbonyl (C=O) groups excluding carboxylic acids is 2. The number of hydrogen-bond acceptors (Lipinski definition) is 5. The summed E-state index contributed by atoms with van der Waals surface area (Å²) in [7, 11) is 0. The third-order valence-corrected chi connectivity index (χ3v) is 7.28. The number of nitro benzene ring substituents is 1. The summed E-state index contributed by atoms with van der Waals surface area (Å²) in [6.07, 6.45) is 0.791. The van der Waals surface area contributed by atoms with Crippen molar-refractivity contribution in [1.82, 2.24) is 9.80 Å². The van der Waals surface area contributed by atoms with Crippen LogP contribution in [0.15, 0.2) is 60.0 Å². The van der Waals surface area contributed by atoms with Gasteiger partial charge in [0.15, 0.2) is 0 Å². The maximum Gasteiger partial charge on any atom is 0.269 e. The number of nitrogens with zero attached hydrogens (tertiary/aromatic N) is 3. The molecule has 0 fully saturated rings. The van der Waals surface area contributed by atoms with E-state index in [9.17, 15) is 19.7 Å². The molecule has 0 aliphatic carbocycles. The van der Waals surface area contributed by atoms with Gasteiger partial charge in [-0.15, -0.1) is 11.3 Å². The van der Waals surface area contributed by atoms with Gasteiger partial charge in [-0.2, -0.15) is 0 Å². The zero-order chi connectivity index (χ0) is 24.4. The monoisotopic (exact) mass is 477 g/mol. The van der Waals surface area contributed by atoms with E-state index >= 15 is 0 Å². The lowest BCUT2D eigenvalue weighted by Crippen LogP contribution is -2.48. The zero-order valence-electron chi connectivity index (χ0n) is 19.4. The van der Waals surface area contributed by atoms with Gasteiger partial charge in [0.1, 0.15) is 6.54 Å². The van der Waals surface area contributed by atoms with Crippen LogP contribution in [0.3, 0.4) is 0 Å². The second kappa shape index (κ2) is 9.77. The lowest BCUT2D eigenvalue weighted by atomic mass is 9.90. The fourth-order valence-electron chi connectivity index (χ4n) is 4.43. The molecular weight excluding hydrogens is 450 g/mol. The summed E-state index contributed by atoms with van der Waals surface area (Å²) in [5, 5.41) is 13.0. The third-order valence-electron chi connectivity index (χ3n) is 6.28. The summed E-state index contributed by atoms with van der Waals surface area (Å²) in [5.74, 6) is -0.437. The highest BCUT2D eigenvalue weighted by molar-refractivity contribution is 7.10. The van der Waals surface area contributed by atoms with E-state index in [1.165, 1.54) is 34.0 Å². The first-order valence-electron chi connectivity index (χ1n) is 11.2. The zero-order valence-corrected chi connectivity index (χ0v) is 20.2. The summed E-state index contributed by atoms with van der Waals surface area (Å²) in [4.78, 5) is 42.1. The topological polar surface area (TPSA) is 83.8 Å². The molecule has 1 aliphatic heterocycles. The van der Waals surface area contributed by atoms with Crippen molar-refractivity contribution < 1.29 is 14.5 Å². The molecule has 1 atom stereocenters. The quantitative estimate of drug-likeness (QED) is 0.370. The van der Waals surface area contributed by atoms with E-state index < -0.39 is 4.92 Å². The third kappa shape index (κ3) is 4.59. The smallest absolute Gasteiger partial charge is 0.269 e. The second-order valence-electron chi connectivity index (χ2n) is 8.73. The first-order chi connectivity index (χ1) is 16.3. The van der Waals surface area contributed by atoms with Gasteiger partial charge in [0.25, 0.3) is 11.6 Å².